The number of esters is 1. The van der Waals surface area contributed by atoms with E-state index >= 15 is 0 Å². The topological polar surface area (TPSA) is 55.8 Å². The first-order valence-electron chi connectivity index (χ1n) is 7.52. The van der Waals surface area contributed by atoms with Crippen molar-refractivity contribution in [2.45, 2.75) is 58.5 Å². The molecule has 0 spiro atoms. The normalized spacial score (nSPS) is 23.6. The fourth-order valence-electron chi connectivity index (χ4n) is 2.29. The van der Waals surface area contributed by atoms with Crippen LogP contribution in [0.4, 0.5) is 0 Å². The van der Waals surface area contributed by atoms with Crippen LogP contribution in [-0.2, 0) is 14.3 Å². The van der Waals surface area contributed by atoms with Gasteiger partial charge < -0.3 is 14.6 Å². The number of rotatable bonds is 8. The van der Waals surface area contributed by atoms with Crippen molar-refractivity contribution in [3.8, 4) is 0 Å². The Morgan fingerprint density at radius 2 is 2.00 bits per heavy atom. The van der Waals surface area contributed by atoms with E-state index in [2.05, 4.69) is 13.8 Å². The maximum Gasteiger partial charge on any atom is 0.309 e. The summed E-state index contributed by atoms with van der Waals surface area (Å²) in [4.78, 5) is 11.8. The van der Waals surface area contributed by atoms with Gasteiger partial charge in [-0.2, -0.15) is 0 Å². The monoisotopic (exact) mass is 272 g/mol. The average molecular weight is 272 g/mol. The minimum absolute atomic E-state index is 0.0964. The molecule has 19 heavy (non-hydrogen) atoms. The van der Waals surface area contributed by atoms with Crippen LogP contribution in [-0.4, -0.2) is 37.0 Å². The molecule has 0 saturated heterocycles. The van der Waals surface area contributed by atoms with Crippen LogP contribution in [0.15, 0.2) is 0 Å². The van der Waals surface area contributed by atoms with Crippen LogP contribution in [0.25, 0.3) is 0 Å². The molecule has 1 aliphatic carbocycles. The van der Waals surface area contributed by atoms with E-state index in [1.54, 1.807) is 0 Å². The van der Waals surface area contributed by atoms with E-state index in [1.165, 1.54) is 0 Å². The van der Waals surface area contributed by atoms with E-state index in [0.29, 0.717) is 18.9 Å². The molecule has 1 saturated carbocycles. The molecular formula is C15H28O4. The van der Waals surface area contributed by atoms with E-state index in [1.807, 2.05) is 0 Å². The van der Waals surface area contributed by atoms with Crippen LogP contribution in [0.5, 0.6) is 0 Å². The van der Waals surface area contributed by atoms with Crippen LogP contribution in [0.1, 0.15) is 52.4 Å². The van der Waals surface area contributed by atoms with Gasteiger partial charge in [-0.25, -0.2) is 0 Å². The first-order valence-corrected chi connectivity index (χ1v) is 7.52. The zero-order valence-electron chi connectivity index (χ0n) is 12.3. The maximum absolute atomic E-state index is 11.8. The van der Waals surface area contributed by atoms with Crippen molar-refractivity contribution in [2.24, 2.45) is 11.8 Å². The molecule has 0 bridgehead atoms. The molecule has 2 atom stereocenters. The van der Waals surface area contributed by atoms with Gasteiger partial charge in [-0.1, -0.05) is 20.3 Å². The predicted molar refractivity (Wildman–Crippen MR) is 73.8 cm³/mol. The highest BCUT2D eigenvalue weighted by atomic mass is 16.5. The Balaban J connectivity index is 1.98. The van der Waals surface area contributed by atoms with Gasteiger partial charge in [-0.05, 0) is 38.0 Å². The Morgan fingerprint density at radius 1 is 1.26 bits per heavy atom. The third kappa shape index (κ3) is 7.53. The molecule has 1 N–H and O–H groups in total. The molecule has 2 unspecified atom stereocenters. The van der Waals surface area contributed by atoms with Crippen molar-refractivity contribution >= 4 is 5.97 Å². The lowest BCUT2D eigenvalue weighted by Gasteiger charge is -2.24. The van der Waals surface area contributed by atoms with Crippen LogP contribution in [0, 0.1) is 11.8 Å². The highest BCUT2D eigenvalue weighted by molar-refractivity contribution is 5.72. The second-order valence-corrected chi connectivity index (χ2v) is 5.86. The average Bonchev–Trinajstić information content (AvgIpc) is 2.37. The lowest BCUT2D eigenvalue weighted by atomic mass is 9.87. The second-order valence-electron chi connectivity index (χ2n) is 5.86. The number of carbonyl (C=O) groups excluding carboxylic acids is 1. The maximum atomic E-state index is 11.8. The highest BCUT2D eigenvalue weighted by Gasteiger charge is 2.26. The fraction of sp³-hybridized carbons (Fsp3) is 0.933. The SMILES string of the molecule is CC(C)COCCCCOC(=O)C1CCCC(O)C1. The summed E-state index contributed by atoms with van der Waals surface area (Å²) in [6.07, 6.45) is 4.60. The van der Waals surface area contributed by atoms with Gasteiger partial charge in [0.25, 0.3) is 0 Å². The number of hydrogen-bond donors (Lipinski definition) is 1. The molecule has 0 radical (unpaired) electrons. The van der Waals surface area contributed by atoms with Gasteiger partial charge in [0.1, 0.15) is 0 Å². The molecule has 0 aromatic rings. The zero-order chi connectivity index (χ0) is 14.1. The number of hydrogen-bond acceptors (Lipinski definition) is 4. The van der Waals surface area contributed by atoms with Crippen molar-refractivity contribution in [3.05, 3.63) is 0 Å². The Bertz CT molecular complexity index is 253. The molecule has 0 aliphatic heterocycles. The Kier molecular flexibility index (Phi) is 8.07. The molecule has 1 rings (SSSR count). The van der Waals surface area contributed by atoms with Crippen LogP contribution in [0.2, 0.25) is 0 Å². The first kappa shape index (κ1) is 16.4. The highest BCUT2D eigenvalue weighted by Crippen LogP contribution is 2.25. The van der Waals surface area contributed by atoms with Gasteiger partial charge in [0.15, 0.2) is 0 Å². The predicted octanol–water partition coefficient (Wildman–Crippen LogP) is 2.53. The third-order valence-electron chi connectivity index (χ3n) is 3.36. The molecule has 112 valence electrons. The van der Waals surface area contributed by atoms with E-state index in [9.17, 15) is 9.90 Å². The molecular weight excluding hydrogens is 244 g/mol. The van der Waals surface area contributed by atoms with Gasteiger partial charge in [0.2, 0.25) is 0 Å². The number of aliphatic hydroxyl groups is 1. The largest absolute Gasteiger partial charge is 0.465 e. The third-order valence-corrected chi connectivity index (χ3v) is 3.36. The lowest BCUT2D eigenvalue weighted by molar-refractivity contribution is -0.151. The molecule has 0 aromatic heterocycles. The van der Waals surface area contributed by atoms with Gasteiger partial charge in [-0.3, -0.25) is 4.79 Å². The van der Waals surface area contributed by atoms with Gasteiger partial charge in [-0.15, -0.1) is 0 Å². The number of ether oxygens (including phenoxy) is 2. The fourth-order valence-corrected chi connectivity index (χ4v) is 2.29. The van der Waals surface area contributed by atoms with Crippen molar-refractivity contribution < 1.29 is 19.4 Å². The summed E-state index contributed by atoms with van der Waals surface area (Å²) < 4.78 is 10.7. The van der Waals surface area contributed by atoms with Crippen molar-refractivity contribution in [3.63, 3.8) is 0 Å². The van der Waals surface area contributed by atoms with Crippen molar-refractivity contribution in [2.75, 3.05) is 19.8 Å². The molecule has 0 aromatic carbocycles. The van der Waals surface area contributed by atoms with E-state index in [-0.39, 0.29) is 18.0 Å². The lowest BCUT2D eigenvalue weighted by Crippen LogP contribution is -2.27. The number of carbonyl (C=O) groups is 1. The molecule has 0 amide bonds. The summed E-state index contributed by atoms with van der Waals surface area (Å²) in [5.41, 5.74) is 0. The standard InChI is InChI=1S/C15H28O4/c1-12(2)11-18-8-3-4-9-19-15(17)13-6-5-7-14(16)10-13/h12-14,16H,3-11H2,1-2H3. The quantitative estimate of drug-likeness (QED) is 0.545. The summed E-state index contributed by atoms with van der Waals surface area (Å²) in [7, 11) is 0. The minimum atomic E-state index is -0.323. The summed E-state index contributed by atoms with van der Waals surface area (Å²) >= 11 is 0. The summed E-state index contributed by atoms with van der Waals surface area (Å²) in [6, 6.07) is 0. The minimum Gasteiger partial charge on any atom is -0.465 e. The molecule has 0 heterocycles. The first-order chi connectivity index (χ1) is 9.09. The van der Waals surface area contributed by atoms with Crippen molar-refractivity contribution in [1.29, 1.82) is 0 Å². The Hall–Kier alpha value is -0.610. The van der Waals surface area contributed by atoms with Crippen LogP contribution < -0.4 is 0 Å². The van der Waals surface area contributed by atoms with Crippen LogP contribution in [0.3, 0.4) is 0 Å². The molecule has 1 fully saturated rings. The second kappa shape index (κ2) is 9.32. The Labute approximate surface area is 116 Å². The number of aliphatic hydroxyl groups excluding tert-OH is 1. The smallest absolute Gasteiger partial charge is 0.309 e. The summed E-state index contributed by atoms with van der Waals surface area (Å²) in [5, 5.41) is 9.52. The zero-order valence-corrected chi connectivity index (χ0v) is 12.3. The summed E-state index contributed by atoms with van der Waals surface area (Å²) in [6.45, 7) is 6.24. The van der Waals surface area contributed by atoms with E-state index in [4.69, 9.17) is 9.47 Å². The van der Waals surface area contributed by atoms with Crippen molar-refractivity contribution in [1.82, 2.24) is 0 Å². The number of unbranched alkanes of at least 4 members (excludes halogenated alkanes) is 1. The van der Waals surface area contributed by atoms with Gasteiger partial charge in [0.05, 0.1) is 18.6 Å². The van der Waals surface area contributed by atoms with Crippen LogP contribution >= 0.6 is 0 Å². The molecule has 4 heteroatoms. The Morgan fingerprint density at radius 3 is 2.68 bits per heavy atom. The summed E-state index contributed by atoms with van der Waals surface area (Å²) in [5.74, 6) is 0.332. The van der Waals surface area contributed by atoms with E-state index in [0.717, 1.165) is 45.3 Å². The van der Waals surface area contributed by atoms with Gasteiger partial charge in [0, 0.05) is 13.2 Å². The molecule has 4 nitrogen and oxygen atoms in total. The van der Waals surface area contributed by atoms with E-state index < -0.39 is 0 Å². The molecule has 1 aliphatic rings. The van der Waals surface area contributed by atoms with Gasteiger partial charge >= 0.3 is 5.97 Å².